The van der Waals surface area contributed by atoms with Crippen molar-refractivity contribution in [1.82, 2.24) is 14.5 Å². The highest BCUT2D eigenvalue weighted by Crippen LogP contribution is 2.32. The van der Waals surface area contributed by atoms with Crippen LogP contribution in [0.3, 0.4) is 0 Å². The summed E-state index contributed by atoms with van der Waals surface area (Å²) in [5, 5.41) is 0.704. The molecule has 6 nitrogen and oxygen atoms in total. The highest BCUT2D eigenvalue weighted by molar-refractivity contribution is 6.35. The summed E-state index contributed by atoms with van der Waals surface area (Å²) >= 11 is 6.60. The number of ether oxygens (including phenoxy) is 1. The SMILES string of the molecule is COCCCn1c(C2CCCN(C(=O)CC(N)Cc3ccc(-c4ccccc4)cc3)C2)nc2cccc(Cl)c21. The lowest BCUT2D eigenvalue weighted by Crippen LogP contribution is -2.42. The van der Waals surface area contributed by atoms with Crippen molar-refractivity contribution >= 4 is 28.5 Å². The number of piperidine rings is 1. The van der Waals surface area contributed by atoms with Gasteiger partial charge in [-0.2, -0.15) is 0 Å². The monoisotopic (exact) mass is 544 g/mol. The molecule has 0 aliphatic carbocycles. The van der Waals surface area contributed by atoms with Crippen LogP contribution in [0.15, 0.2) is 72.8 Å². The number of nitrogens with zero attached hydrogens (tertiary/aromatic N) is 3. The first-order chi connectivity index (χ1) is 19.0. The Labute approximate surface area is 235 Å². The molecule has 0 saturated carbocycles. The summed E-state index contributed by atoms with van der Waals surface area (Å²) < 4.78 is 7.53. The van der Waals surface area contributed by atoms with Crippen LogP contribution < -0.4 is 5.73 Å². The standard InChI is InChI=1S/C32H37ClN4O2/c1-39-19-7-18-37-31-28(33)11-5-12-29(31)35-32(37)26-10-6-17-36(22-26)30(38)21-27(34)20-23-13-15-25(16-14-23)24-8-3-2-4-9-24/h2-5,8-9,11-16,26-27H,6-7,10,17-22,34H2,1H3. The van der Waals surface area contributed by atoms with E-state index in [0.29, 0.717) is 31.0 Å². The number of rotatable bonds is 10. The number of hydrogen-bond acceptors (Lipinski definition) is 4. The normalized spacial score (nSPS) is 16.5. The second-order valence-electron chi connectivity index (χ2n) is 10.5. The van der Waals surface area contributed by atoms with Crippen molar-refractivity contribution in [3.05, 3.63) is 89.2 Å². The summed E-state index contributed by atoms with van der Waals surface area (Å²) in [5.41, 5.74) is 11.9. The van der Waals surface area contributed by atoms with E-state index in [2.05, 4.69) is 41.0 Å². The van der Waals surface area contributed by atoms with Crippen LogP contribution in [0, 0.1) is 0 Å². The Morgan fingerprint density at radius 3 is 2.62 bits per heavy atom. The zero-order valence-corrected chi connectivity index (χ0v) is 23.3. The predicted octanol–water partition coefficient (Wildman–Crippen LogP) is 6.06. The predicted molar refractivity (Wildman–Crippen MR) is 158 cm³/mol. The second kappa shape index (κ2) is 12.8. The molecule has 4 aromatic rings. The number of likely N-dealkylation sites (tertiary alicyclic amines) is 1. The van der Waals surface area contributed by atoms with Crippen molar-refractivity contribution in [1.29, 1.82) is 0 Å². The number of para-hydroxylation sites is 1. The van der Waals surface area contributed by atoms with Crippen LogP contribution in [0.25, 0.3) is 22.2 Å². The van der Waals surface area contributed by atoms with Crippen LogP contribution >= 0.6 is 11.6 Å². The van der Waals surface area contributed by atoms with Gasteiger partial charge in [0.1, 0.15) is 5.82 Å². The number of fused-ring (bicyclic) bond motifs is 1. The van der Waals surface area contributed by atoms with Gasteiger partial charge in [0, 0.05) is 51.7 Å². The highest BCUT2D eigenvalue weighted by Gasteiger charge is 2.29. The Morgan fingerprint density at radius 1 is 1.08 bits per heavy atom. The van der Waals surface area contributed by atoms with Crippen molar-refractivity contribution in [3.63, 3.8) is 0 Å². The minimum Gasteiger partial charge on any atom is -0.385 e. The Bertz CT molecular complexity index is 1390. The molecule has 2 atom stereocenters. The van der Waals surface area contributed by atoms with Crippen molar-refractivity contribution in [2.24, 2.45) is 5.73 Å². The van der Waals surface area contributed by atoms with E-state index >= 15 is 0 Å². The van der Waals surface area contributed by atoms with Gasteiger partial charge in [0.15, 0.2) is 0 Å². The summed E-state index contributed by atoms with van der Waals surface area (Å²) in [6, 6.07) is 24.4. The minimum absolute atomic E-state index is 0.119. The first-order valence-electron chi connectivity index (χ1n) is 13.8. The van der Waals surface area contributed by atoms with E-state index in [1.54, 1.807) is 7.11 Å². The molecule has 2 N–H and O–H groups in total. The van der Waals surface area contributed by atoms with E-state index in [9.17, 15) is 4.79 Å². The Hall–Kier alpha value is -3.19. The lowest BCUT2D eigenvalue weighted by Gasteiger charge is -2.33. The molecule has 5 rings (SSSR count). The summed E-state index contributed by atoms with van der Waals surface area (Å²) in [6.07, 6.45) is 3.82. The molecule has 1 fully saturated rings. The largest absolute Gasteiger partial charge is 0.385 e. The first-order valence-corrected chi connectivity index (χ1v) is 14.2. The maximum Gasteiger partial charge on any atom is 0.224 e. The van der Waals surface area contributed by atoms with Gasteiger partial charge in [-0.3, -0.25) is 4.79 Å². The lowest BCUT2D eigenvalue weighted by molar-refractivity contribution is -0.132. The van der Waals surface area contributed by atoms with E-state index in [0.717, 1.165) is 54.8 Å². The van der Waals surface area contributed by atoms with Gasteiger partial charge >= 0.3 is 0 Å². The number of benzene rings is 3. The zero-order chi connectivity index (χ0) is 27.2. The van der Waals surface area contributed by atoms with Crippen molar-refractivity contribution in [3.8, 4) is 11.1 Å². The number of carbonyl (C=O) groups is 1. The van der Waals surface area contributed by atoms with E-state index < -0.39 is 0 Å². The average Bonchev–Trinajstić information content (AvgIpc) is 3.34. The quantitative estimate of drug-likeness (QED) is 0.246. The Morgan fingerprint density at radius 2 is 1.85 bits per heavy atom. The highest BCUT2D eigenvalue weighted by atomic mass is 35.5. The molecule has 1 aromatic heterocycles. The van der Waals surface area contributed by atoms with Crippen LogP contribution in [0.2, 0.25) is 5.02 Å². The molecule has 39 heavy (non-hydrogen) atoms. The van der Waals surface area contributed by atoms with Gasteiger partial charge in [-0.25, -0.2) is 4.98 Å². The smallest absolute Gasteiger partial charge is 0.224 e. The van der Waals surface area contributed by atoms with Crippen molar-refractivity contribution in [2.75, 3.05) is 26.8 Å². The Kier molecular flexibility index (Phi) is 8.97. The van der Waals surface area contributed by atoms with Crippen LogP contribution in [0.1, 0.15) is 43.0 Å². The van der Waals surface area contributed by atoms with Crippen molar-refractivity contribution in [2.45, 2.75) is 50.6 Å². The third-order valence-corrected chi connectivity index (χ3v) is 7.92. The topological polar surface area (TPSA) is 73.4 Å². The van der Waals surface area contributed by atoms with Crippen molar-refractivity contribution < 1.29 is 9.53 Å². The molecule has 1 aliphatic rings. The molecule has 0 spiro atoms. The molecule has 2 heterocycles. The molecule has 0 radical (unpaired) electrons. The maximum absolute atomic E-state index is 13.3. The number of methoxy groups -OCH3 is 1. The summed E-state index contributed by atoms with van der Waals surface area (Å²) in [4.78, 5) is 20.3. The van der Waals surface area contributed by atoms with E-state index in [-0.39, 0.29) is 17.9 Å². The first kappa shape index (κ1) is 27.4. The summed E-state index contributed by atoms with van der Waals surface area (Å²) in [5.74, 6) is 1.29. The molecular weight excluding hydrogens is 508 g/mol. The molecular formula is C32H37ClN4O2. The molecule has 1 saturated heterocycles. The number of carbonyl (C=O) groups excluding carboxylic acids is 1. The third-order valence-electron chi connectivity index (χ3n) is 7.61. The van der Waals surface area contributed by atoms with Gasteiger partial charge in [-0.1, -0.05) is 72.3 Å². The molecule has 0 bridgehead atoms. The second-order valence-corrected chi connectivity index (χ2v) is 10.9. The summed E-state index contributed by atoms with van der Waals surface area (Å²) in [6.45, 7) is 2.87. The fourth-order valence-corrected chi connectivity index (χ4v) is 5.94. The van der Waals surface area contributed by atoms with Gasteiger partial charge in [0.25, 0.3) is 0 Å². The van der Waals surface area contributed by atoms with Crippen LogP contribution in [0.4, 0.5) is 0 Å². The number of amides is 1. The molecule has 1 amide bonds. The Balaban J connectivity index is 1.23. The fraction of sp³-hybridized carbons (Fsp3) is 0.375. The molecule has 3 aromatic carbocycles. The van der Waals surface area contributed by atoms with Gasteiger partial charge in [0.2, 0.25) is 5.91 Å². The van der Waals surface area contributed by atoms with Gasteiger partial charge in [-0.05, 0) is 54.5 Å². The van der Waals surface area contributed by atoms with Gasteiger partial charge in [-0.15, -0.1) is 0 Å². The molecule has 204 valence electrons. The van der Waals surface area contributed by atoms with Crippen LogP contribution in [0.5, 0.6) is 0 Å². The number of aryl methyl sites for hydroxylation is 1. The average molecular weight is 545 g/mol. The number of hydrogen-bond donors (Lipinski definition) is 1. The maximum atomic E-state index is 13.3. The zero-order valence-electron chi connectivity index (χ0n) is 22.6. The summed E-state index contributed by atoms with van der Waals surface area (Å²) in [7, 11) is 1.72. The van der Waals surface area contributed by atoms with Gasteiger partial charge in [0.05, 0.1) is 16.1 Å². The van der Waals surface area contributed by atoms with E-state index in [1.165, 1.54) is 11.1 Å². The third kappa shape index (κ3) is 6.52. The molecule has 1 aliphatic heterocycles. The number of halogens is 1. The number of imidazole rings is 1. The molecule has 2 unspecified atom stereocenters. The minimum atomic E-state index is -0.224. The lowest BCUT2D eigenvalue weighted by atomic mass is 9.95. The molecule has 7 heteroatoms. The van der Waals surface area contributed by atoms with Crippen LogP contribution in [-0.4, -0.2) is 53.2 Å². The van der Waals surface area contributed by atoms with Gasteiger partial charge < -0.3 is 19.9 Å². The number of aromatic nitrogens is 2. The van der Waals surface area contributed by atoms with Crippen LogP contribution in [-0.2, 0) is 22.5 Å². The van der Waals surface area contributed by atoms with E-state index in [4.69, 9.17) is 27.1 Å². The van der Waals surface area contributed by atoms with E-state index in [1.807, 2.05) is 41.3 Å². The fourth-order valence-electron chi connectivity index (χ4n) is 5.67. The number of nitrogens with two attached hydrogens (primary N) is 1.